The lowest BCUT2D eigenvalue weighted by Crippen LogP contribution is -2.21. The van der Waals surface area contributed by atoms with Gasteiger partial charge in [0.25, 0.3) is 5.91 Å². The van der Waals surface area contributed by atoms with Crippen LogP contribution in [0.25, 0.3) is 0 Å². The van der Waals surface area contributed by atoms with Gasteiger partial charge in [-0.05, 0) is 55.5 Å². The summed E-state index contributed by atoms with van der Waals surface area (Å²) in [6.07, 6.45) is 0.884. The summed E-state index contributed by atoms with van der Waals surface area (Å²) in [5.41, 5.74) is 5.34. The van der Waals surface area contributed by atoms with Gasteiger partial charge in [-0.25, -0.2) is 0 Å². The minimum atomic E-state index is -0.134. The van der Waals surface area contributed by atoms with Crippen molar-refractivity contribution in [3.05, 3.63) is 58.7 Å². The summed E-state index contributed by atoms with van der Waals surface area (Å²) in [5.74, 6) is 0.626. The van der Waals surface area contributed by atoms with Crippen molar-refractivity contribution in [1.29, 1.82) is 0 Å². The third-order valence-electron chi connectivity index (χ3n) is 3.92. The zero-order chi connectivity index (χ0) is 16.1. The van der Waals surface area contributed by atoms with Crippen molar-refractivity contribution in [1.82, 2.24) is 0 Å². The van der Waals surface area contributed by atoms with Gasteiger partial charge in [-0.3, -0.25) is 4.79 Å². The molecule has 0 heterocycles. The number of amides is 1. The Balaban J connectivity index is 2.04. The first-order valence-corrected chi connectivity index (χ1v) is 7.60. The molecule has 0 bridgehead atoms. The van der Waals surface area contributed by atoms with Crippen molar-refractivity contribution in [3.8, 4) is 5.75 Å². The first-order valence-electron chi connectivity index (χ1n) is 7.60. The molecule has 0 radical (unpaired) electrons. The molecule has 0 aliphatic heterocycles. The Bertz CT molecular complexity index is 677. The normalized spacial score (nSPS) is 10.4. The summed E-state index contributed by atoms with van der Waals surface area (Å²) >= 11 is 0. The molecule has 2 aromatic rings. The summed E-state index contributed by atoms with van der Waals surface area (Å²) in [6.45, 7) is 8.13. The summed E-state index contributed by atoms with van der Waals surface area (Å²) in [4.78, 5) is 12.2. The van der Waals surface area contributed by atoms with Crippen molar-refractivity contribution in [2.24, 2.45) is 0 Å². The second-order valence-corrected chi connectivity index (χ2v) is 5.50. The van der Waals surface area contributed by atoms with E-state index in [-0.39, 0.29) is 12.5 Å². The molecule has 1 N–H and O–H groups in total. The van der Waals surface area contributed by atoms with Gasteiger partial charge < -0.3 is 10.1 Å². The molecule has 22 heavy (non-hydrogen) atoms. The number of ether oxygens (including phenoxy) is 1. The van der Waals surface area contributed by atoms with Crippen LogP contribution < -0.4 is 10.1 Å². The number of hydrogen-bond donors (Lipinski definition) is 1. The average Bonchev–Trinajstić information content (AvgIpc) is 2.50. The van der Waals surface area contributed by atoms with Gasteiger partial charge in [-0.15, -0.1) is 0 Å². The van der Waals surface area contributed by atoms with Gasteiger partial charge >= 0.3 is 0 Å². The number of carbonyl (C=O) groups is 1. The second-order valence-electron chi connectivity index (χ2n) is 5.50. The van der Waals surface area contributed by atoms with Gasteiger partial charge in [0.05, 0.1) is 0 Å². The minimum absolute atomic E-state index is 0.0157. The van der Waals surface area contributed by atoms with Crippen molar-refractivity contribution >= 4 is 11.6 Å². The Hall–Kier alpha value is -2.29. The van der Waals surface area contributed by atoms with Crippen molar-refractivity contribution < 1.29 is 9.53 Å². The highest BCUT2D eigenvalue weighted by atomic mass is 16.5. The Morgan fingerprint density at radius 3 is 2.45 bits per heavy atom. The fourth-order valence-corrected chi connectivity index (χ4v) is 2.40. The lowest BCUT2D eigenvalue weighted by atomic mass is 10.1. The number of carbonyl (C=O) groups excluding carboxylic acids is 1. The molecule has 0 aromatic heterocycles. The van der Waals surface area contributed by atoms with E-state index in [9.17, 15) is 4.79 Å². The molecule has 1 amide bonds. The first kappa shape index (κ1) is 16.1. The van der Waals surface area contributed by atoms with Crippen LogP contribution in [-0.2, 0) is 11.2 Å². The number of hydrogen-bond acceptors (Lipinski definition) is 2. The number of aryl methyl sites for hydroxylation is 3. The molecule has 0 aliphatic rings. The summed E-state index contributed by atoms with van der Waals surface area (Å²) < 4.78 is 5.65. The van der Waals surface area contributed by atoms with E-state index in [4.69, 9.17) is 4.74 Å². The third-order valence-corrected chi connectivity index (χ3v) is 3.92. The highest BCUT2D eigenvalue weighted by Crippen LogP contribution is 2.22. The predicted molar refractivity (Wildman–Crippen MR) is 90.6 cm³/mol. The van der Waals surface area contributed by atoms with E-state index in [1.54, 1.807) is 0 Å². The molecule has 0 fully saturated rings. The molecule has 0 aliphatic carbocycles. The summed E-state index contributed by atoms with van der Waals surface area (Å²) in [6, 6.07) is 11.9. The maximum atomic E-state index is 12.2. The number of nitrogens with one attached hydrogen (secondary N) is 1. The van der Waals surface area contributed by atoms with Gasteiger partial charge in [0.1, 0.15) is 5.75 Å². The molecule has 3 heteroatoms. The standard InChI is InChI=1S/C19H23NO2/c1-5-16-10-6-9-14(3)19(16)20-18(21)12-22-17-11-7-8-13(2)15(17)4/h6-11H,5,12H2,1-4H3,(H,20,21). The molecule has 0 saturated carbocycles. The molecular weight excluding hydrogens is 274 g/mol. The molecular formula is C19H23NO2. The zero-order valence-electron chi connectivity index (χ0n) is 13.7. The predicted octanol–water partition coefficient (Wildman–Crippen LogP) is 4.19. The number of para-hydroxylation sites is 1. The molecule has 0 unspecified atom stereocenters. The molecule has 116 valence electrons. The Labute approximate surface area is 132 Å². The molecule has 2 aromatic carbocycles. The van der Waals surface area contributed by atoms with E-state index in [0.29, 0.717) is 0 Å². The van der Waals surface area contributed by atoms with Gasteiger partial charge in [-0.1, -0.05) is 37.3 Å². The summed E-state index contributed by atoms with van der Waals surface area (Å²) in [5, 5.41) is 2.97. The maximum Gasteiger partial charge on any atom is 0.262 e. The summed E-state index contributed by atoms with van der Waals surface area (Å²) in [7, 11) is 0. The molecule has 3 nitrogen and oxygen atoms in total. The number of anilines is 1. The molecule has 0 spiro atoms. The van der Waals surface area contributed by atoms with Crippen LogP contribution in [0.15, 0.2) is 36.4 Å². The first-order chi connectivity index (χ1) is 10.5. The Kier molecular flexibility index (Phi) is 5.21. The van der Waals surface area contributed by atoms with Crippen molar-refractivity contribution in [2.75, 3.05) is 11.9 Å². The van der Waals surface area contributed by atoms with Crippen LogP contribution in [0, 0.1) is 20.8 Å². The average molecular weight is 297 g/mol. The van der Waals surface area contributed by atoms with Crippen LogP contribution >= 0.6 is 0 Å². The van der Waals surface area contributed by atoms with Crippen LogP contribution in [-0.4, -0.2) is 12.5 Å². The second kappa shape index (κ2) is 7.12. The van der Waals surface area contributed by atoms with E-state index in [1.807, 2.05) is 57.2 Å². The quantitative estimate of drug-likeness (QED) is 0.898. The van der Waals surface area contributed by atoms with Crippen LogP contribution in [0.5, 0.6) is 5.75 Å². The van der Waals surface area contributed by atoms with Crippen LogP contribution in [0.3, 0.4) is 0 Å². The number of benzene rings is 2. The Morgan fingerprint density at radius 1 is 1.05 bits per heavy atom. The fraction of sp³-hybridized carbons (Fsp3) is 0.316. The van der Waals surface area contributed by atoms with Crippen LogP contribution in [0.2, 0.25) is 0 Å². The van der Waals surface area contributed by atoms with Crippen molar-refractivity contribution in [3.63, 3.8) is 0 Å². The number of rotatable bonds is 5. The van der Waals surface area contributed by atoms with Gasteiger partial charge in [-0.2, -0.15) is 0 Å². The Morgan fingerprint density at radius 2 is 1.73 bits per heavy atom. The lowest BCUT2D eigenvalue weighted by Gasteiger charge is -2.14. The van der Waals surface area contributed by atoms with Gasteiger partial charge in [0.2, 0.25) is 0 Å². The SMILES string of the molecule is CCc1cccc(C)c1NC(=O)COc1cccc(C)c1C. The topological polar surface area (TPSA) is 38.3 Å². The maximum absolute atomic E-state index is 12.2. The molecule has 0 saturated heterocycles. The monoisotopic (exact) mass is 297 g/mol. The highest BCUT2D eigenvalue weighted by molar-refractivity contribution is 5.93. The highest BCUT2D eigenvalue weighted by Gasteiger charge is 2.10. The fourth-order valence-electron chi connectivity index (χ4n) is 2.40. The van der Waals surface area contributed by atoms with Crippen LogP contribution in [0.1, 0.15) is 29.2 Å². The largest absolute Gasteiger partial charge is 0.483 e. The van der Waals surface area contributed by atoms with E-state index in [1.165, 1.54) is 0 Å². The lowest BCUT2D eigenvalue weighted by molar-refractivity contribution is -0.118. The zero-order valence-corrected chi connectivity index (χ0v) is 13.7. The van der Waals surface area contributed by atoms with Crippen molar-refractivity contribution in [2.45, 2.75) is 34.1 Å². The van der Waals surface area contributed by atoms with E-state index < -0.39 is 0 Å². The van der Waals surface area contributed by atoms with E-state index in [0.717, 1.165) is 40.1 Å². The molecule has 0 atom stereocenters. The van der Waals surface area contributed by atoms with E-state index >= 15 is 0 Å². The van der Waals surface area contributed by atoms with Crippen LogP contribution in [0.4, 0.5) is 5.69 Å². The van der Waals surface area contributed by atoms with E-state index in [2.05, 4.69) is 12.2 Å². The molecule has 2 rings (SSSR count). The smallest absolute Gasteiger partial charge is 0.262 e. The third kappa shape index (κ3) is 3.67. The van der Waals surface area contributed by atoms with Gasteiger partial charge in [0, 0.05) is 5.69 Å². The van der Waals surface area contributed by atoms with Gasteiger partial charge in [0.15, 0.2) is 6.61 Å². The minimum Gasteiger partial charge on any atom is -0.483 e.